The molecule has 1 saturated heterocycles. The Morgan fingerprint density at radius 3 is 2.09 bits per heavy atom. The van der Waals surface area contributed by atoms with E-state index in [9.17, 15) is 28.8 Å². The zero-order valence-corrected chi connectivity index (χ0v) is 36.6. The zero-order chi connectivity index (χ0) is 46.1. The molecule has 0 spiro atoms. The second-order valence-corrected chi connectivity index (χ2v) is 16.5. The minimum absolute atomic E-state index is 0.0367. The fourth-order valence-electron chi connectivity index (χ4n) is 8.33. The van der Waals surface area contributed by atoms with Gasteiger partial charge in [0, 0.05) is 13.0 Å². The quantitative estimate of drug-likeness (QED) is 0.0708. The van der Waals surface area contributed by atoms with Crippen molar-refractivity contribution in [2.75, 3.05) is 13.1 Å². The Bertz CT molecular complexity index is 2250. The third-order valence-corrected chi connectivity index (χ3v) is 11.8. The molecule has 2 fully saturated rings. The van der Waals surface area contributed by atoms with E-state index in [0.717, 1.165) is 24.8 Å². The van der Waals surface area contributed by atoms with Gasteiger partial charge in [-0.2, -0.15) is 0 Å². The SMILES string of the molecule is CCCCC(NC(=O)C1CC(OCc2ccccc2)CN1C(=O)C(NC(=O)c1ccccc1Oc1ccccc1)C1CCCCC1)C(=O)C(=O)NCC(=O)NC(C(N)=O)c1ccccc1. The third kappa shape index (κ3) is 13.3. The average molecular weight is 887 g/mol. The minimum atomic E-state index is -1.29. The number of Topliss-reactive ketones (excluding diaryl/α,β-unsaturated/α-hetero) is 1. The summed E-state index contributed by atoms with van der Waals surface area (Å²) in [6.07, 6.45) is 4.85. The molecule has 5 unspecified atom stereocenters. The molecule has 5 atom stereocenters. The number of nitrogens with one attached hydrogen (secondary N) is 4. The number of nitrogens with two attached hydrogens (primary N) is 1. The first-order valence-corrected chi connectivity index (χ1v) is 22.4. The number of carbonyl (C=O) groups excluding carboxylic acids is 7. The lowest BCUT2D eigenvalue weighted by atomic mass is 9.83. The van der Waals surface area contributed by atoms with Gasteiger partial charge in [-0.15, -0.1) is 0 Å². The molecule has 1 saturated carbocycles. The molecule has 15 heteroatoms. The molecule has 0 bridgehead atoms. The van der Waals surface area contributed by atoms with Crippen molar-refractivity contribution in [3.8, 4) is 11.5 Å². The summed E-state index contributed by atoms with van der Waals surface area (Å²) in [5.41, 5.74) is 7.10. The van der Waals surface area contributed by atoms with E-state index in [1.165, 1.54) is 4.90 Å². The van der Waals surface area contributed by atoms with Crippen LogP contribution in [0.3, 0.4) is 0 Å². The molecule has 6 rings (SSSR count). The van der Waals surface area contributed by atoms with Crippen molar-refractivity contribution in [3.05, 3.63) is 132 Å². The van der Waals surface area contributed by atoms with Crippen molar-refractivity contribution in [1.29, 1.82) is 0 Å². The maximum atomic E-state index is 15.0. The van der Waals surface area contributed by atoms with E-state index in [2.05, 4.69) is 21.3 Å². The number of primary amides is 1. The molecule has 6 N–H and O–H groups in total. The van der Waals surface area contributed by atoms with E-state index in [4.69, 9.17) is 15.2 Å². The smallest absolute Gasteiger partial charge is 0.290 e. The second-order valence-electron chi connectivity index (χ2n) is 16.5. The minimum Gasteiger partial charge on any atom is -0.457 e. The number of rotatable bonds is 21. The Balaban J connectivity index is 1.20. The summed E-state index contributed by atoms with van der Waals surface area (Å²) in [5.74, 6) is -4.66. The first-order valence-electron chi connectivity index (χ1n) is 22.4. The lowest BCUT2D eigenvalue weighted by molar-refractivity contribution is -0.143. The maximum absolute atomic E-state index is 15.0. The molecule has 4 aromatic rings. The van der Waals surface area contributed by atoms with Crippen molar-refractivity contribution >= 4 is 41.2 Å². The number of ether oxygens (including phenoxy) is 2. The molecule has 1 aliphatic heterocycles. The van der Waals surface area contributed by atoms with Crippen molar-refractivity contribution in [3.63, 3.8) is 0 Å². The van der Waals surface area contributed by atoms with Gasteiger partial charge >= 0.3 is 0 Å². The van der Waals surface area contributed by atoms with Crippen LogP contribution < -0.4 is 31.7 Å². The topological polar surface area (TPSA) is 215 Å². The molecule has 0 aromatic heterocycles. The number of ketones is 1. The second kappa shape index (κ2) is 23.7. The number of para-hydroxylation sites is 2. The summed E-state index contributed by atoms with van der Waals surface area (Å²) < 4.78 is 12.4. The van der Waals surface area contributed by atoms with Crippen LogP contribution in [-0.2, 0) is 40.1 Å². The van der Waals surface area contributed by atoms with Crippen LogP contribution in [0.4, 0.5) is 0 Å². The van der Waals surface area contributed by atoms with Crippen LogP contribution >= 0.6 is 0 Å². The van der Waals surface area contributed by atoms with Crippen LogP contribution in [0.15, 0.2) is 115 Å². The lowest BCUT2D eigenvalue weighted by Crippen LogP contribution is -2.58. The largest absolute Gasteiger partial charge is 0.457 e. The van der Waals surface area contributed by atoms with E-state index in [1.54, 1.807) is 66.7 Å². The number of nitrogens with zero attached hydrogens (tertiary/aromatic N) is 1. The van der Waals surface area contributed by atoms with E-state index in [1.807, 2.05) is 55.5 Å². The number of amides is 6. The molecule has 1 aliphatic carbocycles. The zero-order valence-electron chi connectivity index (χ0n) is 36.6. The molecule has 6 amide bonds. The Labute approximate surface area is 379 Å². The first kappa shape index (κ1) is 47.6. The van der Waals surface area contributed by atoms with Crippen LogP contribution in [0, 0.1) is 5.92 Å². The van der Waals surface area contributed by atoms with Gasteiger partial charge in [-0.05, 0) is 60.6 Å². The van der Waals surface area contributed by atoms with Crippen LogP contribution in [0.1, 0.15) is 92.2 Å². The summed E-state index contributed by atoms with van der Waals surface area (Å²) in [4.78, 5) is 97.1. The van der Waals surface area contributed by atoms with Crippen molar-refractivity contribution in [1.82, 2.24) is 26.2 Å². The highest BCUT2D eigenvalue weighted by atomic mass is 16.5. The van der Waals surface area contributed by atoms with Gasteiger partial charge in [0.25, 0.3) is 11.8 Å². The number of hydrogen-bond donors (Lipinski definition) is 5. The van der Waals surface area contributed by atoms with E-state index in [0.29, 0.717) is 42.7 Å². The van der Waals surface area contributed by atoms with Crippen molar-refractivity contribution < 1.29 is 43.0 Å². The Morgan fingerprint density at radius 2 is 1.42 bits per heavy atom. The molecular formula is C50H58N6O9. The van der Waals surface area contributed by atoms with Crippen molar-refractivity contribution in [2.24, 2.45) is 11.7 Å². The van der Waals surface area contributed by atoms with Crippen molar-refractivity contribution in [2.45, 2.75) is 102 Å². The van der Waals surface area contributed by atoms with Gasteiger partial charge < -0.3 is 41.4 Å². The van der Waals surface area contributed by atoms with Gasteiger partial charge in [0.1, 0.15) is 29.6 Å². The molecule has 65 heavy (non-hydrogen) atoms. The monoisotopic (exact) mass is 886 g/mol. The van der Waals surface area contributed by atoms with Gasteiger partial charge in [-0.25, -0.2) is 0 Å². The number of hydrogen-bond acceptors (Lipinski definition) is 9. The molecule has 1 heterocycles. The van der Waals surface area contributed by atoms with Gasteiger partial charge in [0.15, 0.2) is 0 Å². The molecule has 0 radical (unpaired) electrons. The van der Waals surface area contributed by atoms with Crippen LogP contribution in [0.2, 0.25) is 0 Å². The molecule has 4 aromatic carbocycles. The maximum Gasteiger partial charge on any atom is 0.290 e. The number of unbranched alkanes of at least 4 members (excludes halogenated alkanes) is 1. The third-order valence-electron chi connectivity index (χ3n) is 11.8. The van der Waals surface area contributed by atoms with E-state index >= 15 is 4.79 Å². The predicted molar refractivity (Wildman–Crippen MR) is 242 cm³/mol. The van der Waals surface area contributed by atoms with Crippen LogP contribution in [0.25, 0.3) is 0 Å². The highest BCUT2D eigenvalue weighted by molar-refractivity contribution is 6.38. The van der Waals surface area contributed by atoms with Crippen LogP contribution in [-0.4, -0.2) is 83.4 Å². The Morgan fingerprint density at radius 1 is 0.769 bits per heavy atom. The summed E-state index contributed by atoms with van der Waals surface area (Å²) in [6, 6.07) is 29.1. The number of carbonyl (C=O) groups is 7. The molecule has 2 aliphatic rings. The fourth-order valence-corrected chi connectivity index (χ4v) is 8.33. The summed E-state index contributed by atoms with van der Waals surface area (Å²) in [6.45, 7) is 1.51. The Hall–Kier alpha value is -6.87. The molecule has 342 valence electrons. The summed E-state index contributed by atoms with van der Waals surface area (Å²) in [5, 5.41) is 10.6. The summed E-state index contributed by atoms with van der Waals surface area (Å²) in [7, 11) is 0. The van der Waals surface area contributed by atoms with Gasteiger partial charge in [0.05, 0.1) is 30.9 Å². The Kier molecular flexibility index (Phi) is 17.4. The molecule has 15 nitrogen and oxygen atoms in total. The highest BCUT2D eigenvalue weighted by Crippen LogP contribution is 2.32. The van der Waals surface area contributed by atoms with E-state index in [-0.39, 0.29) is 37.5 Å². The van der Waals surface area contributed by atoms with Gasteiger partial charge in [0.2, 0.25) is 29.4 Å². The van der Waals surface area contributed by atoms with E-state index < -0.39 is 78.0 Å². The molecular weight excluding hydrogens is 829 g/mol. The fraction of sp³-hybridized carbons (Fsp3) is 0.380. The van der Waals surface area contributed by atoms with Gasteiger partial charge in [-0.3, -0.25) is 33.6 Å². The lowest BCUT2D eigenvalue weighted by Gasteiger charge is -2.35. The average Bonchev–Trinajstić information content (AvgIpc) is 3.77. The first-order chi connectivity index (χ1) is 31.5. The number of benzene rings is 4. The standard InChI is InChI=1S/C50H58N6O9/c1-2-3-27-39(45(58)49(62)52-30-42(57)54-43(46(51)59)34-20-10-5-11-21-34)53-48(61)40-29-37(64-32-33-18-8-4-9-19-33)31-56(40)50(63)44(35-22-12-6-13-23-35)55-47(60)38-26-16-17-28-41(38)65-36-24-14-7-15-25-36/h4-5,7-11,14-21,24-26,28,35,37,39-40,43-44H,2-3,6,12-13,22-23,27,29-32H2,1H3,(H2,51,59)(H,52,62)(H,53,61)(H,54,57)(H,55,60). The number of likely N-dealkylation sites (tertiary alicyclic amines) is 1. The van der Waals surface area contributed by atoms with Gasteiger partial charge in [-0.1, -0.05) is 130 Å². The normalized spacial score (nSPS) is 17.5. The highest BCUT2D eigenvalue weighted by Gasteiger charge is 2.45. The predicted octanol–water partition coefficient (Wildman–Crippen LogP) is 5.05. The van der Waals surface area contributed by atoms with Crippen LogP contribution in [0.5, 0.6) is 11.5 Å². The summed E-state index contributed by atoms with van der Waals surface area (Å²) >= 11 is 0.